The molecule has 3 N–H and O–H groups in total. The Hall–Kier alpha value is -3.26. The van der Waals surface area contributed by atoms with Gasteiger partial charge in [-0.25, -0.2) is 0 Å². The lowest BCUT2D eigenvalue weighted by molar-refractivity contribution is 0.153. The highest BCUT2D eigenvalue weighted by Crippen LogP contribution is 2.30. The Labute approximate surface area is 195 Å². The summed E-state index contributed by atoms with van der Waals surface area (Å²) < 4.78 is 0. The van der Waals surface area contributed by atoms with Crippen molar-refractivity contribution in [2.45, 2.75) is 25.4 Å². The first kappa shape index (κ1) is 21.6. The second-order valence-corrected chi connectivity index (χ2v) is 9.28. The summed E-state index contributed by atoms with van der Waals surface area (Å²) in [5, 5.41) is 23.2. The van der Waals surface area contributed by atoms with Crippen molar-refractivity contribution < 1.29 is 10.2 Å². The summed E-state index contributed by atoms with van der Waals surface area (Å²) in [4.78, 5) is 22.9. The maximum atomic E-state index is 12.4. The number of hydrogen-bond donors (Lipinski definition) is 3. The molecule has 0 radical (unpaired) electrons. The number of aromatic hydroxyl groups is 1. The third-order valence-electron chi connectivity index (χ3n) is 6.22. The highest BCUT2D eigenvalue weighted by molar-refractivity contribution is 7.13. The zero-order valence-electron chi connectivity index (χ0n) is 18.1. The van der Waals surface area contributed by atoms with Gasteiger partial charge in [-0.1, -0.05) is 24.3 Å². The molecule has 0 bridgehead atoms. The van der Waals surface area contributed by atoms with E-state index in [2.05, 4.69) is 14.9 Å². The van der Waals surface area contributed by atoms with Gasteiger partial charge in [0.2, 0.25) is 5.88 Å². The molecule has 1 fully saturated rings. The molecule has 6 nitrogen and oxygen atoms in total. The normalized spacial score (nSPS) is 16.8. The number of aliphatic imine (C=N–C) groups is 1. The van der Waals surface area contributed by atoms with Crippen molar-refractivity contribution in [3.8, 4) is 16.3 Å². The van der Waals surface area contributed by atoms with Gasteiger partial charge in [-0.15, -0.1) is 11.3 Å². The highest BCUT2D eigenvalue weighted by atomic mass is 32.1. The van der Waals surface area contributed by atoms with Crippen LogP contribution in [0.25, 0.3) is 21.2 Å². The SMILES string of the molecule is O=c1[nH]c(O)c(C=Nc2ccc(CN3CCCC3CO)cc2)c2cc(-c3cccs3)ccc12. The minimum Gasteiger partial charge on any atom is -0.494 e. The molecule has 2 aromatic carbocycles. The number of nitrogens with one attached hydrogen (secondary N) is 1. The van der Waals surface area contributed by atoms with E-state index in [1.807, 2.05) is 53.9 Å². The van der Waals surface area contributed by atoms with Crippen LogP contribution in [0.2, 0.25) is 0 Å². The van der Waals surface area contributed by atoms with Gasteiger partial charge in [-0.3, -0.25) is 19.7 Å². The Morgan fingerprint density at radius 2 is 2.00 bits per heavy atom. The zero-order valence-corrected chi connectivity index (χ0v) is 18.9. The molecule has 5 rings (SSSR count). The molecule has 0 amide bonds. The summed E-state index contributed by atoms with van der Waals surface area (Å²) in [5.41, 5.74) is 3.07. The number of rotatable bonds is 6. The second-order valence-electron chi connectivity index (χ2n) is 8.33. The van der Waals surface area contributed by atoms with Gasteiger partial charge in [-0.2, -0.15) is 0 Å². The van der Waals surface area contributed by atoms with E-state index < -0.39 is 0 Å². The minimum atomic E-state index is -0.329. The van der Waals surface area contributed by atoms with Crippen LogP contribution in [0.4, 0.5) is 5.69 Å². The smallest absolute Gasteiger partial charge is 0.258 e. The molecule has 0 spiro atoms. The quantitative estimate of drug-likeness (QED) is 0.366. The number of pyridine rings is 1. The van der Waals surface area contributed by atoms with Crippen molar-refractivity contribution in [2.75, 3.05) is 13.2 Å². The van der Waals surface area contributed by atoms with Crippen molar-refractivity contribution in [1.29, 1.82) is 0 Å². The summed E-state index contributed by atoms with van der Waals surface area (Å²) in [6.07, 6.45) is 3.77. The number of likely N-dealkylation sites (tertiary alicyclic amines) is 1. The lowest BCUT2D eigenvalue weighted by atomic mass is 10.0. The molecule has 1 aliphatic heterocycles. The van der Waals surface area contributed by atoms with E-state index >= 15 is 0 Å². The van der Waals surface area contributed by atoms with Gasteiger partial charge >= 0.3 is 0 Å². The molecular formula is C26H25N3O3S. The summed E-state index contributed by atoms with van der Waals surface area (Å²) in [7, 11) is 0. The predicted octanol–water partition coefficient (Wildman–Crippen LogP) is 4.67. The number of benzene rings is 2. The molecule has 168 valence electrons. The number of fused-ring (bicyclic) bond motifs is 1. The number of aliphatic hydroxyl groups is 1. The third kappa shape index (κ3) is 4.48. The molecule has 3 heterocycles. The summed E-state index contributed by atoms with van der Waals surface area (Å²) in [6.45, 7) is 2.02. The topological polar surface area (TPSA) is 88.9 Å². The third-order valence-corrected chi connectivity index (χ3v) is 7.14. The molecule has 1 unspecified atom stereocenters. The molecule has 1 aliphatic rings. The van der Waals surface area contributed by atoms with Crippen LogP contribution < -0.4 is 5.56 Å². The van der Waals surface area contributed by atoms with Crippen LogP contribution in [-0.2, 0) is 6.54 Å². The van der Waals surface area contributed by atoms with Gasteiger partial charge in [0.15, 0.2) is 0 Å². The first-order valence-corrected chi connectivity index (χ1v) is 11.9. The average Bonchev–Trinajstić information content (AvgIpc) is 3.52. The van der Waals surface area contributed by atoms with Gasteiger partial charge in [0.25, 0.3) is 5.56 Å². The van der Waals surface area contributed by atoms with Crippen LogP contribution in [0, 0.1) is 0 Å². The van der Waals surface area contributed by atoms with E-state index in [9.17, 15) is 15.0 Å². The molecule has 7 heteroatoms. The lowest BCUT2D eigenvalue weighted by Crippen LogP contribution is -2.31. The largest absolute Gasteiger partial charge is 0.494 e. The van der Waals surface area contributed by atoms with Gasteiger partial charge in [0.1, 0.15) is 0 Å². The van der Waals surface area contributed by atoms with Crippen molar-refractivity contribution in [3.05, 3.63) is 81.5 Å². The fourth-order valence-corrected chi connectivity index (χ4v) is 5.16. The number of aliphatic hydroxyl groups excluding tert-OH is 1. The van der Waals surface area contributed by atoms with Crippen molar-refractivity contribution in [1.82, 2.24) is 9.88 Å². The lowest BCUT2D eigenvalue weighted by Gasteiger charge is -2.22. The van der Waals surface area contributed by atoms with E-state index in [0.29, 0.717) is 16.3 Å². The number of thiophene rings is 1. The van der Waals surface area contributed by atoms with E-state index in [1.54, 1.807) is 23.6 Å². The van der Waals surface area contributed by atoms with Crippen molar-refractivity contribution >= 4 is 34.0 Å². The molecule has 1 saturated heterocycles. The van der Waals surface area contributed by atoms with Crippen LogP contribution in [-0.4, -0.2) is 45.5 Å². The van der Waals surface area contributed by atoms with E-state index in [0.717, 1.165) is 42.1 Å². The fourth-order valence-electron chi connectivity index (χ4n) is 4.43. The van der Waals surface area contributed by atoms with Crippen LogP contribution in [0.1, 0.15) is 24.0 Å². The number of H-pyrrole nitrogens is 1. The van der Waals surface area contributed by atoms with Gasteiger partial charge in [0, 0.05) is 34.5 Å². The molecule has 0 aliphatic carbocycles. The predicted molar refractivity (Wildman–Crippen MR) is 134 cm³/mol. The fraction of sp³-hybridized carbons (Fsp3) is 0.231. The van der Waals surface area contributed by atoms with E-state index in [1.165, 1.54) is 5.56 Å². The Balaban J connectivity index is 1.43. The summed E-state index contributed by atoms with van der Waals surface area (Å²) in [6, 6.07) is 17.9. The average molecular weight is 460 g/mol. The standard InChI is InChI=1S/C26H25N3O3S/c30-16-20-3-1-11-29(20)15-17-5-8-19(9-6-17)27-14-23-22-13-18(24-4-2-12-33-24)7-10-21(22)25(31)28-26(23)32/h2,4-10,12-14,20,30H,1,3,11,15-16H2,(H2,28,31,32). The minimum absolute atomic E-state index is 0.194. The first-order chi connectivity index (χ1) is 16.1. The number of nitrogens with zero attached hydrogens (tertiary/aromatic N) is 2. The molecule has 4 aromatic rings. The van der Waals surface area contributed by atoms with Crippen LogP contribution >= 0.6 is 11.3 Å². The Morgan fingerprint density at radius 1 is 1.15 bits per heavy atom. The Morgan fingerprint density at radius 3 is 2.76 bits per heavy atom. The maximum absolute atomic E-state index is 12.4. The van der Waals surface area contributed by atoms with Crippen LogP contribution in [0.3, 0.4) is 0 Å². The van der Waals surface area contributed by atoms with Crippen LogP contribution in [0.5, 0.6) is 5.88 Å². The second kappa shape index (κ2) is 9.31. The van der Waals surface area contributed by atoms with Gasteiger partial charge in [0.05, 0.1) is 17.9 Å². The van der Waals surface area contributed by atoms with E-state index in [4.69, 9.17) is 0 Å². The highest BCUT2D eigenvalue weighted by Gasteiger charge is 2.23. The Bertz CT molecular complexity index is 1340. The molecular weight excluding hydrogens is 434 g/mol. The summed E-state index contributed by atoms with van der Waals surface area (Å²) in [5.74, 6) is -0.194. The number of aromatic amines is 1. The summed E-state index contributed by atoms with van der Waals surface area (Å²) >= 11 is 1.62. The molecule has 1 atom stereocenters. The zero-order chi connectivity index (χ0) is 22.8. The van der Waals surface area contributed by atoms with Crippen LogP contribution in [0.15, 0.2) is 69.8 Å². The van der Waals surface area contributed by atoms with Crippen molar-refractivity contribution in [3.63, 3.8) is 0 Å². The maximum Gasteiger partial charge on any atom is 0.258 e. The van der Waals surface area contributed by atoms with E-state index in [-0.39, 0.29) is 24.1 Å². The molecule has 2 aromatic heterocycles. The Kier molecular flexibility index (Phi) is 6.09. The molecule has 33 heavy (non-hydrogen) atoms. The van der Waals surface area contributed by atoms with Gasteiger partial charge < -0.3 is 10.2 Å². The first-order valence-electron chi connectivity index (χ1n) is 11.0. The number of hydrogen-bond acceptors (Lipinski definition) is 6. The van der Waals surface area contributed by atoms with Crippen molar-refractivity contribution in [2.24, 2.45) is 4.99 Å². The monoisotopic (exact) mass is 459 g/mol. The number of aromatic nitrogens is 1. The molecule has 0 saturated carbocycles. The van der Waals surface area contributed by atoms with Gasteiger partial charge in [-0.05, 0) is 66.2 Å².